The number of rotatable bonds is 11. The lowest BCUT2D eigenvalue weighted by atomic mass is 10.0. The van der Waals surface area contributed by atoms with E-state index in [1.54, 1.807) is 17.0 Å². The van der Waals surface area contributed by atoms with Crippen molar-refractivity contribution in [1.29, 1.82) is 0 Å². The third kappa shape index (κ3) is 6.37. The first-order valence-electron chi connectivity index (χ1n) is 13.0. The Morgan fingerprint density at radius 2 is 1.59 bits per heavy atom. The zero-order valence-corrected chi connectivity index (χ0v) is 23.0. The summed E-state index contributed by atoms with van der Waals surface area (Å²) >= 11 is 0. The highest BCUT2D eigenvalue weighted by Crippen LogP contribution is 2.30. The van der Waals surface area contributed by atoms with E-state index in [9.17, 15) is 22.8 Å². The van der Waals surface area contributed by atoms with Gasteiger partial charge in [-0.05, 0) is 43.5 Å². The molecule has 0 unspecified atom stereocenters. The second kappa shape index (κ2) is 12.3. The summed E-state index contributed by atoms with van der Waals surface area (Å²) in [5, 5.41) is 2.86. The molecular weight excluding hydrogens is 514 g/mol. The molecule has 9 heteroatoms. The molecule has 3 aromatic rings. The minimum atomic E-state index is -3.95. The SMILES string of the molecule is CCNC(=O)[C@H](Cc1ccccc1)N(Cc1ccc(C)cc1)C(=O)CCCN1C(=O)c2ccccc2S1(=O)=O. The predicted octanol–water partition coefficient (Wildman–Crippen LogP) is 3.70. The van der Waals surface area contributed by atoms with Crippen LogP contribution in [0.3, 0.4) is 0 Å². The zero-order chi connectivity index (χ0) is 28.0. The summed E-state index contributed by atoms with van der Waals surface area (Å²) in [6.07, 6.45) is 0.445. The fraction of sp³-hybridized carbons (Fsp3) is 0.300. The first-order valence-corrected chi connectivity index (χ1v) is 14.5. The molecule has 0 fully saturated rings. The molecule has 0 bridgehead atoms. The number of likely N-dealkylation sites (N-methyl/N-ethyl adjacent to an activating group) is 1. The van der Waals surface area contributed by atoms with E-state index < -0.39 is 22.0 Å². The number of nitrogens with zero attached hydrogens (tertiary/aromatic N) is 2. The maximum atomic E-state index is 13.7. The van der Waals surface area contributed by atoms with E-state index in [2.05, 4.69) is 5.32 Å². The first-order chi connectivity index (χ1) is 18.7. The molecule has 3 aromatic carbocycles. The number of carbonyl (C=O) groups is 3. The van der Waals surface area contributed by atoms with Gasteiger partial charge in [0.05, 0.1) is 5.56 Å². The standard InChI is InChI=1S/C30H33N3O5S/c1-3-31-29(35)26(20-23-10-5-4-6-11-23)32(21-24-17-15-22(2)16-18-24)28(34)14-9-19-33-30(36)25-12-7-8-13-27(25)39(33,37)38/h4-8,10-13,15-18,26H,3,9,14,19-21H2,1-2H3,(H,31,35)/t26-/m0/s1. The maximum absolute atomic E-state index is 13.7. The lowest BCUT2D eigenvalue weighted by molar-refractivity contribution is -0.141. The van der Waals surface area contributed by atoms with E-state index in [4.69, 9.17) is 0 Å². The van der Waals surface area contributed by atoms with Gasteiger partial charge in [-0.15, -0.1) is 0 Å². The smallest absolute Gasteiger partial charge is 0.269 e. The van der Waals surface area contributed by atoms with E-state index in [-0.39, 0.29) is 48.2 Å². The van der Waals surface area contributed by atoms with Crippen molar-refractivity contribution in [3.63, 3.8) is 0 Å². The van der Waals surface area contributed by atoms with Gasteiger partial charge in [-0.2, -0.15) is 0 Å². The minimum absolute atomic E-state index is 0.0125. The number of benzene rings is 3. The molecule has 0 spiro atoms. The van der Waals surface area contributed by atoms with Crippen LogP contribution in [0.5, 0.6) is 0 Å². The predicted molar refractivity (Wildman–Crippen MR) is 148 cm³/mol. The van der Waals surface area contributed by atoms with Gasteiger partial charge in [0.2, 0.25) is 11.8 Å². The van der Waals surface area contributed by atoms with Gasteiger partial charge in [0.15, 0.2) is 0 Å². The number of sulfonamides is 1. The van der Waals surface area contributed by atoms with Crippen LogP contribution in [-0.4, -0.2) is 54.5 Å². The van der Waals surface area contributed by atoms with Crippen molar-refractivity contribution in [2.75, 3.05) is 13.1 Å². The van der Waals surface area contributed by atoms with Crippen molar-refractivity contribution >= 4 is 27.7 Å². The highest BCUT2D eigenvalue weighted by molar-refractivity contribution is 7.90. The van der Waals surface area contributed by atoms with Crippen LogP contribution in [0.2, 0.25) is 0 Å². The molecule has 1 atom stereocenters. The highest BCUT2D eigenvalue weighted by atomic mass is 32.2. The van der Waals surface area contributed by atoms with Gasteiger partial charge >= 0.3 is 0 Å². The summed E-state index contributed by atoms with van der Waals surface area (Å²) in [6.45, 7) is 4.33. The van der Waals surface area contributed by atoms with Crippen molar-refractivity contribution in [2.24, 2.45) is 0 Å². The summed E-state index contributed by atoms with van der Waals surface area (Å²) in [4.78, 5) is 41.2. The van der Waals surface area contributed by atoms with E-state index in [0.29, 0.717) is 13.0 Å². The molecule has 0 saturated carbocycles. The summed E-state index contributed by atoms with van der Waals surface area (Å²) in [6, 6.07) is 22.6. The average Bonchev–Trinajstić information content (AvgIpc) is 3.13. The third-order valence-electron chi connectivity index (χ3n) is 6.76. The largest absolute Gasteiger partial charge is 0.355 e. The Balaban J connectivity index is 1.55. The number of carbonyl (C=O) groups excluding carboxylic acids is 3. The van der Waals surface area contributed by atoms with Crippen LogP contribution in [-0.2, 0) is 32.6 Å². The van der Waals surface area contributed by atoms with Crippen molar-refractivity contribution in [3.8, 4) is 0 Å². The van der Waals surface area contributed by atoms with Gasteiger partial charge in [0, 0.05) is 32.5 Å². The lowest BCUT2D eigenvalue weighted by Crippen LogP contribution is -2.50. The molecule has 0 aliphatic carbocycles. The Bertz CT molecular complexity index is 1440. The van der Waals surface area contributed by atoms with Crippen LogP contribution in [0.4, 0.5) is 0 Å². The maximum Gasteiger partial charge on any atom is 0.269 e. The number of hydrogen-bond acceptors (Lipinski definition) is 5. The fourth-order valence-corrected chi connectivity index (χ4v) is 6.31. The molecule has 8 nitrogen and oxygen atoms in total. The summed E-state index contributed by atoms with van der Waals surface area (Å²) in [7, 11) is -3.95. The summed E-state index contributed by atoms with van der Waals surface area (Å²) in [5.74, 6) is -1.13. The summed E-state index contributed by atoms with van der Waals surface area (Å²) < 4.78 is 26.6. The van der Waals surface area contributed by atoms with Crippen molar-refractivity contribution in [1.82, 2.24) is 14.5 Å². The van der Waals surface area contributed by atoms with Crippen LogP contribution >= 0.6 is 0 Å². The van der Waals surface area contributed by atoms with Gasteiger partial charge in [0.25, 0.3) is 15.9 Å². The molecule has 204 valence electrons. The van der Waals surface area contributed by atoms with Gasteiger partial charge in [-0.3, -0.25) is 14.4 Å². The molecule has 1 N–H and O–H groups in total. The Hall–Kier alpha value is -3.98. The molecule has 0 radical (unpaired) electrons. The van der Waals surface area contributed by atoms with E-state index >= 15 is 0 Å². The minimum Gasteiger partial charge on any atom is -0.355 e. The monoisotopic (exact) mass is 547 g/mol. The van der Waals surface area contributed by atoms with Crippen LogP contribution in [0.15, 0.2) is 83.8 Å². The number of aryl methyl sites for hydroxylation is 1. The van der Waals surface area contributed by atoms with E-state index in [1.807, 2.05) is 68.4 Å². The van der Waals surface area contributed by atoms with Crippen molar-refractivity contribution in [2.45, 2.75) is 50.6 Å². The Kier molecular flexibility index (Phi) is 8.81. The first kappa shape index (κ1) is 28.0. The quantitative estimate of drug-likeness (QED) is 0.394. The molecule has 0 aromatic heterocycles. The molecular formula is C30H33N3O5S. The van der Waals surface area contributed by atoms with Gasteiger partial charge in [0.1, 0.15) is 10.9 Å². The topological polar surface area (TPSA) is 104 Å². The van der Waals surface area contributed by atoms with Crippen LogP contribution in [0.25, 0.3) is 0 Å². The second-order valence-corrected chi connectivity index (χ2v) is 11.4. The van der Waals surface area contributed by atoms with Gasteiger partial charge < -0.3 is 10.2 Å². The molecule has 1 heterocycles. The van der Waals surface area contributed by atoms with E-state index in [1.165, 1.54) is 12.1 Å². The Morgan fingerprint density at radius 1 is 0.923 bits per heavy atom. The molecule has 3 amide bonds. The van der Waals surface area contributed by atoms with Crippen LogP contribution in [0, 0.1) is 6.92 Å². The second-order valence-electron chi connectivity index (χ2n) is 9.59. The normalized spacial score (nSPS) is 14.5. The van der Waals surface area contributed by atoms with Crippen molar-refractivity contribution < 1.29 is 22.8 Å². The van der Waals surface area contributed by atoms with Gasteiger partial charge in [-0.25, -0.2) is 12.7 Å². The average molecular weight is 548 g/mol. The highest BCUT2D eigenvalue weighted by Gasteiger charge is 2.40. The molecule has 39 heavy (non-hydrogen) atoms. The number of amides is 3. The van der Waals surface area contributed by atoms with Crippen molar-refractivity contribution in [3.05, 3.63) is 101 Å². The molecule has 1 aliphatic rings. The van der Waals surface area contributed by atoms with Gasteiger partial charge in [-0.1, -0.05) is 72.3 Å². The molecule has 0 saturated heterocycles. The van der Waals surface area contributed by atoms with Crippen LogP contribution < -0.4 is 5.32 Å². The van der Waals surface area contributed by atoms with Crippen LogP contribution in [0.1, 0.15) is 46.8 Å². The fourth-order valence-electron chi connectivity index (χ4n) is 4.71. The van der Waals surface area contributed by atoms with E-state index in [0.717, 1.165) is 21.0 Å². The summed E-state index contributed by atoms with van der Waals surface area (Å²) in [5.41, 5.74) is 3.02. The molecule has 1 aliphatic heterocycles. The third-order valence-corrected chi connectivity index (χ3v) is 8.60. The number of hydrogen-bond donors (Lipinski definition) is 1. The molecule has 4 rings (SSSR count). The zero-order valence-electron chi connectivity index (χ0n) is 22.2. The Labute approximate surface area is 229 Å². The Morgan fingerprint density at radius 3 is 2.26 bits per heavy atom. The number of nitrogens with one attached hydrogen (secondary N) is 1. The number of fused-ring (bicyclic) bond motifs is 1. The lowest BCUT2D eigenvalue weighted by Gasteiger charge is -2.31.